The molecule has 1 atom stereocenters. The lowest BCUT2D eigenvalue weighted by Gasteiger charge is -2.15. The number of benzene rings is 1. The van der Waals surface area contributed by atoms with Crippen molar-refractivity contribution < 1.29 is 0 Å². The molecular weight excluding hydrogens is 230 g/mol. The molecule has 0 bridgehead atoms. The van der Waals surface area contributed by atoms with Gasteiger partial charge in [-0.25, -0.2) is 0 Å². The molecule has 0 aromatic heterocycles. The highest BCUT2D eigenvalue weighted by molar-refractivity contribution is 6.31. The number of fused-ring (bicyclic) bond motifs is 1. The van der Waals surface area contributed by atoms with Gasteiger partial charge in [-0.15, -0.1) is 6.58 Å². The van der Waals surface area contributed by atoms with E-state index in [0.717, 1.165) is 37.4 Å². The van der Waals surface area contributed by atoms with Gasteiger partial charge in [0.05, 0.1) is 0 Å². The van der Waals surface area contributed by atoms with Crippen molar-refractivity contribution in [3.8, 4) is 0 Å². The van der Waals surface area contributed by atoms with E-state index >= 15 is 0 Å². The summed E-state index contributed by atoms with van der Waals surface area (Å²) >= 11 is 6.36. The van der Waals surface area contributed by atoms with Crippen LogP contribution in [0.5, 0.6) is 0 Å². The minimum Gasteiger partial charge on any atom is -0.316 e. The largest absolute Gasteiger partial charge is 0.316 e. The van der Waals surface area contributed by atoms with E-state index in [1.807, 2.05) is 6.08 Å². The molecule has 0 saturated heterocycles. The fraction of sp³-hybridized carbons (Fsp3) is 0.467. The van der Waals surface area contributed by atoms with Crippen molar-refractivity contribution >= 4 is 11.6 Å². The van der Waals surface area contributed by atoms with Gasteiger partial charge < -0.3 is 5.32 Å². The second kappa shape index (κ2) is 5.70. The van der Waals surface area contributed by atoms with Crippen LogP contribution < -0.4 is 5.32 Å². The number of hydrogen-bond donors (Lipinski definition) is 1. The van der Waals surface area contributed by atoms with Crippen LogP contribution in [0.3, 0.4) is 0 Å². The Bertz CT molecular complexity index is 412. The van der Waals surface area contributed by atoms with Crippen LogP contribution in [0.4, 0.5) is 0 Å². The Balaban J connectivity index is 2.33. The Morgan fingerprint density at radius 1 is 1.53 bits per heavy atom. The second-order valence-corrected chi connectivity index (χ2v) is 5.23. The van der Waals surface area contributed by atoms with Crippen LogP contribution in [0.25, 0.3) is 0 Å². The van der Waals surface area contributed by atoms with Crippen molar-refractivity contribution in [1.29, 1.82) is 0 Å². The molecular formula is C15H20ClN. The molecule has 1 N–H and O–H groups in total. The molecule has 0 radical (unpaired) electrons. The summed E-state index contributed by atoms with van der Waals surface area (Å²) in [6, 6.07) is 4.47. The third-order valence-electron chi connectivity index (χ3n) is 3.48. The molecule has 1 heterocycles. The molecule has 1 aliphatic heterocycles. The van der Waals surface area contributed by atoms with E-state index < -0.39 is 0 Å². The molecule has 92 valence electrons. The molecule has 0 spiro atoms. The smallest absolute Gasteiger partial charge is 0.0441 e. The van der Waals surface area contributed by atoms with Gasteiger partial charge >= 0.3 is 0 Å². The van der Waals surface area contributed by atoms with Gasteiger partial charge in [-0.3, -0.25) is 0 Å². The molecule has 1 unspecified atom stereocenters. The maximum Gasteiger partial charge on any atom is 0.0441 e. The molecule has 0 aliphatic carbocycles. The molecule has 17 heavy (non-hydrogen) atoms. The monoisotopic (exact) mass is 249 g/mol. The third kappa shape index (κ3) is 2.91. The summed E-state index contributed by atoms with van der Waals surface area (Å²) in [6.45, 7) is 8.15. The molecule has 0 fully saturated rings. The van der Waals surface area contributed by atoms with Crippen molar-refractivity contribution in [2.24, 2.45) is 0 Å². The van der Waals surface area contributed by atoms with E-state index in [1.165, 1.54) is 16.7 Å². The lowest BCUT2D eigenvalue weighted by atomic mass is 9.92. The summed E-state index contributed by atoms with van der Waals surface area (Å²) in [5, 5.41) is 4.38. The van der Waals surface area contributed by atoms with Crippen molar-refractivity contribution in [2.45, 2.75) is 32.1 Å². The van der Waals surface area contributed by atoms with Crippen molar-refractivity contribution in [3.05, 3.63) is 46.5 Å². The van der Waals surface area contributed by atoms with Crippen LogP contribution in [0.2, 0.25) is 5.02 Å². The first-order valence-electron chi connectivity index (χ1n) is 6.35. The Hall–Kier alpha value is -0.790. The average molecular weight is 250 g/mol. The van der Waals surface area contributed by atoms with E-state index in [2.05, 4.69) is 31.0 Å². The fourth-order valence-corrected chi connectivity index (χ4v) is 2.73. The van der Waals surface area contributed by atoms with Crippen LogP contribution in [0, 0.1) is 0 Å². The SMILES string of the molecule is C=CCCc1cc2c(cc1Cl)C(C)CNCC2. The summed E-state index contributed by atoms with van der Waals surface area (Å²) < 4.78 is 0. The lowest BCUT2D eigenvalue weighted by molar-refractivity contribution is 0.644. The number of rotatable bonds is 3. The van der Waals surface area contributed by atoms with Gasteiger partial charge in [-0.1, -0.05) is 30.7 Å². The summed E-state index contributed by atoms with van der Waals surface area (Å²) in [6.07, 6.45) is 5.05. The standard InChI is InChI=1S/C15H20ClN/c1-3-4-5-13-8-12-6-7-17-10-11(2)14(12)9-15(13)16/h3,8-9,11,17H,1,4-7,10H2,2H3. The number of halogens is 1. The molecule has 1 aliphatic rings. The quantitative estimate of drug-likeness (QED) is 0.806. The summed E-state index contributed by atoms with van der Waals surface area (Å²) in [5.41, 5.74) is 4.15. The highest BCUT2D eigenvalue weighted by Gasteiger charge is 2.16. The van der Waals surface area contributed by atoms with Crippen molar-refractivity contribution in [1.82, 2.24) is 5.32 Å². The molecule has 1 aromatic carbocycles. The summed E-state index contributed by atoms with van der Waals surface area (Å²) in [5.74, 6) is 0.554. The first-order valence-corrected chi connectivity index (χ1v) is 6.73. The Morgan fingerprint density at radius 2 is 2.35 bits per heavy atom. The zero-order valence-corrected chi connectivity index (χ0v) is 11.2. The minimum absolute atomic E-state index is 0.554. The normalized spacial score (nSPS) is 19.5. The third-order valence-corrected chi connectivity index (χ3v) is 3.83. The minimum atomic E-state index is 0.554. The van der Waals surface area contributed by atoms with Crippen LogP contribution in [-0.2, 0) is 12.8 Å². The average Bonchev–Trinajstić information content (AvgIpc) is 2.49. The van der Waals surface area contributed by atoms with E-state index in [1.54, 1.807) is 0 Å². The van der Waals surface area contributed by atoms with Crippen LogP contribution in [0.1, 0.15) is 36.0 Å². The predicted molar refractivity (Wildman–Crippen MR) is 75.0 cm³/mol. The molecule has 1 aromatic rings. The topological polar surface area (TPSA) is 12.0 Å². The van der Waals surface area contributed by atoms with Gasteiger partial charge in [0.2, 0.25) is 0 Å². The molecule has 2 rings (SSSR count). The maximum atomic E-state index is 6.36. The summed E-state index contributed by atoms with van der Waals surface area (Å²) in [7, 11) is 0. The molecule has 2 heteroatoms. The number of aryl methyl sites for hydroxylation is 1. The van der Waals surface area contributed by atoms with Crippen molar-refractivity contribution in [2.75, 3.05) is 13.1 Å². The highest BCUT2D eigenvalue weighted by Crippen LogP contribution is 2.29. The van der Waals surface area contributed by atoms with Crippen LogP contribution in [-0.4, -0.2) is 13.1 Å². The molecule has 1 nitrogen and oxygen atoms in total. The van der Waals surface area contributed by atoms with E-state index in [0.29, 0.717) is 5.92 Å². The number of nitrogens with one attached hydrogen (secondary N) is 1. The van der Waals surface area contributed by atoms with Gasteiger partial charge in [0, 0.05) is 11.6 Å². The first-order chi connectivity index (χ1) is 8.22. The van der Waals surface area contributed by atoms with E-state index in [4.69, 9.17) is 11.6 Å². The maximum absolute atomic E-state index is 6.36. The predicted octanol–water partition coefficient (Wildman–Crippen LogP) is 3.71. The molecule has 0 saturated carbocycles. The van der Waals surface area contributed by atoms with E-state index in [-0.39, 0.29) is 0 Å². The Morgan fingerprint density at radius 3 is 3.12 bits per heavy atom. The Kier molecular flexibility index (Phi) is 4.25. The van der Waals surface area contributed by atoms with Gasteiger partial charge in [-0.05, 0) is 54.5 Å². The second-order valence-electron chi connectivity index (χ2n) is 4.82. The number of allylic oxidation sites excluding steroid dienone is 1. The zero-order valence-electron chi connectivity index (χ0n) is 10.4. The fourth-order valence-electron chi connectivity index (χ4n) is 2.46. The van der Waals surface area contributed by atoms with Gasteiger partial charge in [0.15, 0.2) is 0 Å². The molecule has 0 amide bonds. The van der Waals surface area contributed by atoms with Crippen molar-refractivity contribution in [3.63, 3.8) is 0 Å². The zero-order chi connectivity index (χ0) is 12.3. The van der Waals surface area contributed by atoms with Gasteiger partial charge in [-0.2, -0.15) is 0 Å². The summed E-state index contributed by atoms with van der Waals surface area (Å²) in [4.78, 5) is 0. The van der Waals surface area contributed by atoms with Crippen LogP contribution >= 0.6 is 11.6 Å². The lowest BCUT2D eigenvalue weighted by Crippen LogP contribution is -2.18. The number of hydrogen-bond acceptors (Lipinski definition) is 1. The van der Waals surface area contributed by atoms with E-state index in [9.17, 15) is 0 Å². The highest BCUT2D eigenvalue weighted by atomic mass is 35.5. The van der Waals surface area contributed by atoms with Crippen LogP contribution in [0.15, 0.2) is 24.8 Å². The van der Waals surface area contributed by atoms with Gasteiger partial charge in [0.25, 0.3) is 0 Å². The Labute approximate surface area is 109 Å². The first kappa shape index (κ1) is 12.7. The van der Waals surface area contributed by atoms with Gasteiger partial charge in [0.1, 0.15) is 0 Å².